The second-order valence-corrected chi connectivity index (χ2v) is 5.10. The number of nitro groups is 1. The maximum Gasteiger partial charge on any atom is 0.273 e. The van der Waals surface area contributed by atoms with Crippen molar-refractivity contribution in [3.8, 4) is 0 Å². The molecule has 0 unspecified atom stereocenters. The second kappa shape index (κ2) is 8.94. The number of nitrogens with one attached hydrogen (secondary N) is 1. The molecule has 1 rings (SSSR count). The molecule has 0 bridgehead atoms. The van der Waals surface area contributed by atoms with E-state index in [9.17, 15) is 10.1 Å². The monoisotopic (exact) mass is 268 g/mol. The Balaban J connectivity index is 2.25. The van der Waals surface area contributed by atoms with E-state index in [0.29, 0.717) is 6.54 Å². The van der Waals surface area contributed by atoms with Crippen molar-refractivity contribution in [3.05, 3.63) is 39.9 Å². The molecule has 1 aromatic rings. The molecule has 5 heteroatoms. The van der Waals surface area contributed by atoms with Crippen molar-refractivity contribution in [2.45, 2.75) is 25.8 Å². The molecule has 0 radical (unpaired) electrons. The number of para-hydroxylation sites is 1. The molecular formula is C13H20N2O2S. The average molecular weight is 268 g/mol. The van der Waals surface area contributed by atoms with Crippen LogP contribution in [0.1, 0.15) is 24.8 Å². The van der Waals surface area contributed by atoms with Gasteiger partial charge in [0.15, 0.2) is 0 Å². The van der Waals surface area contributed by atoms with E-state index in [1.54, 1.807) is 18.2 Å². The zero-order valence-corrected chi connectivity index (χ0v) is 11.5. The highest BCUT2D eigenvalue weighted by molar-refractivity contribution is 7.98. The summed E-state index contributed by atoms with van der Waals surface area (Å²) >= 11 is 1.87. The minimum atomic E-state index is -0.324. The predicted octanol–water partition coefficient (Wildman–Crippen LogP) is 3.22. The van der Waals surface area contributed by atoms with E-state index in [1.807, 2.05) is 17.8 Å². The van der Waals surface area contributed by atoms with E-state index < -0.39 is 0 Å². The van der Waals surface area contributed by atoms with Crippen molar-refractivity contribution in [1.29, 1.82) is 0 Å². The van der Waals surface area contributed by atoms with E-state index >= 15 is 0 Å². The van der Waals surface area contributed by atoms with Gasteiger partial charge < -0.3 is 5.32 Å². The second-order valence-electron chi connectivity index (χ2n) is 4.12. The minimum absolute atomic E-state index is 0.201. The molecule has 0 aliphatic heterocycles. The molecule has 0 amide bonds. The Labute approximate surface area is 112 Å². The van der Waals surface area contributed by atoms with Crippen molar-refractivity contribution in [2.75, 3.05) is 18.6 Å². The van der Waals surface area contributed by atoms with Crippen LogP contribution in [0.3, 0.4) is 0 Å². The largest absolute Gasteiger partial charge is 0.312 e. The molecule has 1 aromatic carbocycles. The van der Waals surface area contributed by atoms with Gasteiger partial charge in [-0.15, -0.1) is 0 Å². The molecule has 0 spiro atoms. The lowest BCUT2D eigenvalue weighted by atomic mass is 10.2. The number of benzene rings is 1. The molecule has 0 heterocycles. The van der Waals surface area contributed by atoms with Gasteiger partial charge in [-0.25, -0.2) is 0 Å². The highest BCUT2D eigenvalue weighted by Gasteiger charge is 2.10. The number of nitro benzene ring substituents is 1. The van der Waals surface area contributed by atoms with Gasteiger partial charge in [0.05, 0.1) is 4.92 Å². The summed E-state index contributed by atoms with van der Waals surface area (Å²) in [5.74, 6) is 1.21. The highest BCUT2D eigenvalue weighted by atomic mass is 32.2. The molecule has 0 saturated carbocycles. The van der Waals surface area contributed by atoms with Crippen LogP contribution in [0.25, 0.3) is 0 Å². The predicted molar refractivity (Wildman–Crippen MR) is 77.0 cm³/mol. The summed E-state index contributed by atoms with van der Waals surface area (Å²) in [6, 6.07) is 6.89. The highest BCUT2D eigenvalue weighted by Crippen LogP contribution is 2.17. The maximum absolute atomic E-state index is 10.8. The third-order valence-corrected chi connectivity index (χ3v) is 3.40. The fourth-order valence-electron chi connectivity index (χ4n) is 1.73. The summed E-state index contributed by atoms with van der Waals surface area (Å²) in [7, 11) is 0. The Morgan fingerprint density at radius 1 is 1.28 bits per heavy atom. The van der Waals surface area contributed by atoms with Crippen LogP contribution in [0.15, 0.2) is 24.3 Å². The number of hydrogen-bond donors (Lipinski definition) is 1. The number of rotatable bonds is 9. The molecule has 1 N–H and O–H groups in total. The van der Waals surface area contributed by atoms with Gasteiger partial charge in [0.1, 0.15) is 0 Å². The quantitative estimate of drug-likeness (QED) is 0.424. The van der Waals surface area contributed by atoms with E-state index in [-0.39, 0.29) is 10.6 Å². The molecule has 0 atom stereocenters. The lowest BCUT2D eigenvalue weighted by Gasteiger charge is -2.05. The van der Waals surface area contributed by atoms with Crippen LogP contribution in [0.2, 0.25) is 0 Å². The van der Waals surface area contributed by atoms with Crippen LogP contribution < -0.4 is 5.32 Å². The fraction of sp³-hybridized carbons (Fsp3) is 0.538. The third-order valence-electron chi connectivity index (χ3n) is 2.71. The van der Waals surface area contributed by atoms with Crippen LogP contribution >= 0.6 is 11.8 Å². The van der Waals surface area contributed by atoms with Crippen molar-refractivity contribution >= 4 is 17.4 Å². The van der Waals surface area contributed by atoms with Crippen LogP contribution in [0.5, 0.6) is 0 Å². The summed E-state index contributed by atoms with van der Waals surface area (Å²) in [6.45, 7) is 1.49. The molecular weight excluding hydrogens is 248 g/mol. The number of unbranched alkanes of at least 4 members (excludes halogenated alkanes) is 2. The Hall–Kier alpha value is -1.07. The van der Waals surface area contributed by atoms with Crippen LogP contribution in [0.4, 0.5) is 5.69 Å². The standard InChI is InChI=1S/C13H20N2O2S/c1-18-10-6-2-5-9-14-11-12-7-3-4-8-13(12)15(16)17/h3-4,7-8,14H,2,5-6,9-11H2,1H3. The SMILES string of the molecule is CSCCCCCNCc1ccccc1[N+](=O)[O-]. The van der Waals surface area contributed by atoms with E-state index in [4.69, 9.17) is 0 Å². The Kier molecular flexibility index (Phi) is 7.44. The number of thioether (sulfide) groups is 1. The molecule has 18 heavy (non-hydrogen) atoms. The van der Waals surface area contributed by atoms with Crippen molar-refractivity contribution in [1.82, 2.24) is 5.32 Å². The van der Waals surface area contributed by atoms with Gasteiger partial charge in [-0.2, -0.15) is 11.8 Å². The Morgan fingerprint density at radius 3 is 2.78 bits per heavy atom. The minimum Gasteiger partial charge on any atom is -0.312 e. The zero-order chi connectivity index (χ0) is 13.2. The van der Waals surface area contributed by atoms with Gasteiger partial charge in [-0.3, -0.25) is 10.1 Å². The van der Waals surface area contributed by atoms with Gasteiger partial charge in [0, 0.05) is 18.2 Å². The smallest absolute Gasteiger partial charge is 0.273 e. The maximum atomic E-state index is 10.8. The molecule has 0 saturated heterocycles. The summed E-state index contributed by atoms with van der Waals surface area (Å²) in [5, 5.41) is 14.1. The molecule has 100 valence electrons. The number of nitrogens with zero attached hydrogens (tertiary/aromatic N) is 1. The lowest BCUT2D eigenvalue weighted by Crippen LogP contribution is -2.15. The fourth-order valence-corrected chi connectivity index (χ4v) is 2.23. The summed E-state index contributed by atoms with van der Waals surface area (Å²) in [6.07, 6.45) is 5.70. The first kappa shape index (κ1) is 15.0. The molecule has 0 aromatic heterocycles. The molecule has 0 aliphatic rings. The zero-order valence-electron chi connectivity index (χ0n) is 10.7. The van der Waals surface area contributed by atoms with Crippen molar-refractivity contribution in [3.63, 3.8) is 0 Å². The van der Waals surface area contributed by atoms with E-state index in [0.717, 1.165) is 18.5 Å². The van der Waals surface area contributed by atoms with E-state index in [2.05, 4.69) is 11.6 Å². The summed E-state index contributed by atoms with van der Waals surface area (Å²) in [5.41, 5.74) is 0.957. The normalized spacial score (nSPS) is 10.5. The molecule has 0 fully saturated rings. The number of hydrogen-bond acceptors (Lipinski definition) is 4. The lowest BCUT2D eigenvalue weighted by molar-refractivity contribution is -0.385. The van der Waals surface area contributed by atoms with E-state index in [1.165, 1.54) is 18.6 Å². The van der Waals surface area contributed by atoms with Gasteiger partial charge in [0.25, 0.3) is 5.69 Å². The first-order chi connectivity index (χ1) is 8.75. The Morgan fingerprint density at radius 2 is 2.06 bits per heavy atom. The first-order valence-corrected chi connectivity index (χ1v) is 7.57. The topological polar surface area (TPSA) is 55.2 Å². The van der Waals surface area contributed by atoms with Gasteiger partial charge in [0.2, 0.25) is 0 Å². The molecule has 4 nitrogen and oxygen atoms in total. The van der Waals surface area contributed by atoms with Gasteiger partial charge in [-0.1, -0.05) is 24.6 Å². The first-order valence-electron chi connectivity index (χ1n) is 6.17. The van der Waals surface area contributed by atoms with Gasteiger partial charge >= 0.3 is 0 Å². The van der Waals surface area contributed by atoms with Crippen LogP contribution in [0, 0.1) is 10.1 Å². The van der Waals surface area contributed by atoms with Crippen LogP contribution in [-0.2, 0) is 6.54 Å². The average Bonchev–Trinajstić information content (AvgIpc) is 2.38. The Bertz CT molecular complexity index is 372. The van der Waals surface area contributed by atoms with Crippen LogP contribution in [-0.4, -0.2) is 23.5 Å². The summed E-state index contributed by atoms with van der Waals surface area (Å²) in [4.78, 5) is 10.5. The molecule has 0 aliphatic carbocycles. The van der Waals surface area contributed by atoms with Gasteiger partial charge in [-0.05, 0) is 31.4 Å². The third kappa shape index (κ3) is 5.51. The van der Waals surface area contributed by atoms with Crippen molar-refractivity contribution < 1.29 is 4.92 Å². The van der Waals surface area contributed by atoms with Crippen molar-refractivity contribution in [2.24, 2.45) is 0 Å². The summed E-state index contributed by atoms with van der Waals surface area (Å²) < 4.78 is 0.